The zero-order chi connectivity index (χ0) is 7.28. The van der Waals surface area contributed by atoms with E-state index in [9.17, 15) is 4.79 Å². The quantitative estimate of drug-likeness (QED) is 0.531. The Hall–Kier alpha value is -0.330. The van der Waals surface area contributed by atoms with Gasteiger partial charge in [0, 0.05) is 5.92 Å². The van der Waals surface area contributed by atoms with E-state index in [4.69, 9.17) is 0 Å². The third-order valence-corrected chi connectivity index (χ3v) is 1.49. The van der Waals surface area contributed by atoms with Gasteiger partial charge >= 0.3 is 0 Å². The zero-order valence-corrected chi connectivity index (χ0v) is 6.55. The lowest BCUT2D eigenvalue weighted by molar-refractivity contribution is -0.111. The average molecular weight is 128 g/mol. The van der Waals surface area contributed by atoms with E-state index in [1.165, 1.54) is 0 Å². The van der Waals surface area contributed by atoms with Gasteiger partial charge in [-0.25, -0.2) is 0 Å². The van der Waals surface area contributed by atoms with Crippen LogP contribution in [0, 0.1) is 11.8 Å². The smallest absolute Gasteiger partial charge is 0.123 e. The Morgan fingerprint density at radius 3 is 2.11 bits per heavy atom. The third kappa shape index (κ3) is 4.19. The fourth-order valence-electron chi connectivity index (χ4n) is 0.924. The molecule has 0 saturated carbocycles. The molecule has 0 bridgehead atoms. The van der Waals surface area contributed by atoms with E-state index in [0.717, 1.165) is 19.1 Å². The van der Waals surface area contributed by atoms with E-state index in [1.54, 1.807) is 0 Å². The van der Waals surface area contributed by atoms with Crippen LogP contribution in [0.4, 0.5) is 0 Å². The van der Waals surface area contributed by atoms with E-state index in [2.05, 4.69) is 20.8 Å². The standard InChI is InChI=1S/C8H16O/c1-4-8(6-9)5-7(2)3/h6-8H,4-5H2,1-3H3. The SMILES string of the molecule is CCC(C=O)CC(C)C. The molecule has 9 heavy (non-hydrogen) atoms. The Morgan fingerprint density at radius 1 is 1.44 bits per heavy atom. The van der Waals surface area contributed by atoms with Crippen molar-refractivity contribution in [3.05, 3.63) is 0 Å². The van der Waals surface area contributed by atoms with Crippen molar-refractivity contribution in [3.63, 3.8) is 0 Å². The molecule has 0 aliphatic heterocycles. The minimum atomic E-state index is 0.296. The first-order valence-electron chi connectivity index (χ1n) is 3.66. The summed E-state index contributed by atoms with van der Waals surface area (Å²) in [6, 6.07) is 0. The first-order valence-corrected chi connectivity index (χ1v) is 3.66. The molecule has 0 rings (SSSR count). The van der Waals surface area contributed by atoms with Crippen LogP contribution in [-0.2, 0) is 4.79 Å². The van der Waals surface area contributed by atoms with Crippen molar-refractivity contribution in [3.8, 4) is 0 Å². The highest BCUT2D eigenvalue weighted by Gasteiger charge is 2.05. The minimum Gasteiger partial charge on any atom is -0.303 e. The maximum Gasteiger partial charge on any atom is 0.123 e. The van der Waals surface area contributed by atoms with Gasteiger partial charge in [-0.1, -0.05) is 20.8 Å². The molecule has 0 N–H and O–H groups in total. The van der Waals surface area contributed by atoms with Gasteiger partial charge in [0.05, 0.1) is 0 Å². The monoisotopic (exact) mass is 128 g/mol. The lowest BCUT2D eigenvalue weighted by Gasteiger charge is -2.08. The van der Waals surface area contributed by atoms with Crippen molar-refractivity contribution in [1.29, 1.82) is 0 Å². The van der Waals surface area contributed by atoms with E-state index >= 15 is 0 Å². The first kappa shape index (κ1) is 8.67. The topological polar surface area (TPSA) is 17.1 Å². The Kier molecular flexibility index (Phi) is 4.37. The highest BCUT2D eigenvalue weighted by atomic mass is 16.1. The molecule has 0 aliphatic carbocycles. The molecule has 0 aromatic heterocycles. The summed E-state index contributed by atoms with van der Waals surface area (Å²) in [5, 5.41) is 0. The molecule has 0 aliphatic rings. The van der Waals surface area contributed by atoms with Crippen LogP contribution < -0.4 is 0 Å². The number of rotatable bonds is 4. The zero-order valence-electron chi connectivity index (χ0n) is 6.55. The molecule has 0 spiro atoms. The second kappa shape index (κ2) is 4.54. The minimum absolute atomic E-state index is 0.296. The maximum absolute atomic E-state index is 10.3. The molecule has 0 saturated heterocycles. The van der Waals surface area contributed by atoms with Gasteiger partial charge in [-0.05, 0) is 18.8 Å². The summed E-state index contributed by atoms with van der Waals surface area (Å²) < 4.78 is 0. The molecule has 0 heterocycles. The summed E-state index contributed by atoms with van der Waals surface area (Å²) in [5.74, 6) is 0.949. The highest BCUT2D eigenvalue weighted by molar-refractivity contribution is 5.53. The van der Waals surface area contributed by atoms with Gasteiger partial charge in [0.15, 0.2) is 0 Å². The molecule has 0 amide bonds. The van der Waals surface area contributed by atoms with E-state index in [-0.39, 0.29) is 0 Å². The van der Waals surface area contributed by atoms with Gasteiger partial charge < -0.3 is 4.79 Å². The Bertz CT molecular complexity index is 76.6. The lowest BCUT2D eigenvalue weighted by Crippen LogP contribution is -2.03. The molecule has 0 fully saturated rings. The van der Waals surface area contributed by atoms with Crippen LogP contribution in [0.15, 0.2) is 0 Å². The van der Waals surface area contributed by atoms with E-state index < -0.39 is 0 Å². The van der Waals surface area contributed by atoms with Gasteiger partial charge in [0.2, 0.25) is 0 Å². The Morgan fingerprint density at radius 2 is 2.00 bits per heavy atom. The summed E-state index contributed by atoms with van der Waals surface area (Å²) in [5.41, 5.74) is 0. The van der Waals surface area contributed by atoms with Gasteiger partial charge in [0.25, 0.3) is 0 Å². The fourth-order valence-corrected chi connectivity index (χ4v) is 0.924. The molecule has 0 aromatic rings. The summed E-state index contributed by atoms with van der Waals surface area (Å²) in [7, 11) is 0. The van der Waals surface area contributed by atoms with Crippen LogP contribution in [0.2, 0.25) is 0 Å². The molecule has 1 atom stereocenters. The van der Waals surface area contributed by atoms with Crippen molar-refractivity contribution in [1.82, 2.24) is 0 Å². The summed E-state index contributed by atoms with van der Waals surface area (Å²) in [4.78, 5) is 10.3. The van der Waals surface area contributed by atoms with Crippen LogP contribution in [-0.4, -0.2) is 6.29 Å². The second-order valence-electron chi connectivity index (χ2n) is 2.93. The van der Waals surface area contributed by atoms with Crippen molar-refractivity contribution >= 4 is 6.29 Å². The lowest BCUT2D eigenvalue weighted by atomic mass is 9.96. The molecule has 1 unspecified atom stereocenters. The van der Waals surface area contributed by atoms with Crippen LogP contribution in [0.25, 0.3) is 0 Å². The average Bonchev–Trinajstić information content (AvgIpc) is 1.82. The predicted molar refractivity (Wildman–Crippen MR) is 39.3 cm³/mol. The molecule has 0 aromatic carbocycles. The van der Waals surface area contributed by atoms with Crippen LogP contribution in [0.5, 0.6) is 0 Å². The molecule has 1 heteroatoms. The van der Waals surface area contributed by atoms with Crippen molar-refractivity contribution in [2.24, 2.45) is 11.8 Å². The molecular formula is C8H16O. The van der Waals surface area contributed by atoms with Crippen molar-refractivity contribution in [2.45, 2.75) is 33.6 Å². The normalized spacial score (nSPS) is 13.8. The van der Waals surface area contributed by atoms with Gasteiger partial charge in [-0.15, -0.1) is 0 Å². The number of hydrogen-bond acceptors (Lipinski definition) is 1. The fraction of sp³-hybridized carbons (Fsp3) is 0.875. The van der Waals surface area contributed by atoms with Crippen molar-refractivity contribution in [2.75, 3.05) is 0 Å². The van der Waals surface area contributed by atoms with Crippen LogP contribution in [0.3, 0.4) is 0 Å². The van der Waals surface area contributed by atoms with E-state index in [1.807, 2.05) is 0 Å². The first-order chi connectivity index (χ1) is 4.20. The Balaban J connectivity index is 3.42. The van der Waals surface area contributed by atoms with Crippen LogP contribution >= 0.6 is 0 Å². The molecule has 1 nitrogen and oxygen atoms in total. The molecular weight excluding hydrogens is 112 g/mol. The van der Waals surface area contributed by atoms with Crippen molar-refractivity contribution < 1.29 is 4.79 Å². The number of hydrogen-bond donors (Lipinski definition) is 0. The molecule has 0 radical (unpaired) electrons. The van der Waals surface area contributed by atoms with E-state index in [0.29, 0.717) is 11.8 Å². The third-order valence-electron chi connectivity index (χ3n) is 1.49. The number of aldehydes is 1. The van der Waals surface area contributed by atoms with Gasteiger partial charge in [-0.2, -0.15) is 0 Å². The number of carbonyl (C=O) groups excluding carboxylic acids is 1. The summed E-state index contributed by atoms with van der Waals surface area (Å²) in [6.07, 6.45) is 3.10. The largest absolute Gasteiger partial charge is 0.303 e. The summed E-state index contributed by atoms with van der Waals surface area (Å²) in [6.45, 7) is 6.35. The highest BCUT2D eigenvalue weighted by Crippen LogP contribution is 2.11. The maximum atomic E-state index is 10.3. The van der Waals surface area contributed by atoms with Gasteiger partial charge in [-0.3, -0.25) is 0 Å². The number of carbonyl (C=O) groups is 1. The predicted octanol–water partition coefficient (Wildman–Crippen LogP) is 2.26. The molecule has 54 valence electrons. The Labute approximate surface area is 57.5 Å². The summed E-state index contributed by atoms with van der Waals surface area (Å²) >= 11 is 0. The second-order valence-corrected chi connectivity index (χ2v) is 2.93. The van der Waals surface area contributed by atoms with Crippen LogP contribution in [0.1, 0.15) is 33.6 Å². The van der Waals surface area contributed by atoms with Gasteiger partial charge in [0.1, 0.15) is 6.29 Å².